The maximum absolute atomic E-state index is 12.0. The van der Waals surface area contributed by atoms with Crippen molar-refractivity contribution in [3.05, 3.63) is 52.7 Å². The minimum atomic E-state index is -0.275. The van der Waals surface area contributed by atoms with Gasteiger partial charge in [0.25, 0.3) is 5.91 Å². The van der Waals surface area contributed by atoms with E-state index >= 15 is 0 Å². The molecule has 116 valence electrons. The molecule has 0 atom stereocenters. The Morgan fingerprint density at radius 2 is 1.95 bits per heavy atom. The second-order valence-corrected chi connectivity index (χ2v) is 5.76. The molecule has 1 aromatic carbocycles. The van der Waals surface area contributed by atoms with Crippen molar-refractivity contribution in [2.45, 2.75) is 20.4 Å². The molecule has 6 heteroatoms. The number of benzene rings is 1. The van der Waals surface area contributed by atoms with Gasteiger partial charge in [0, 0.05) is 18.1 Å². The molecule has 0 bridgehead atoms. The molecule has 22 heavy (non-hydrogen) atoms. The van der Waals surface area contributed by atoms with Gasteiger partial charge in [-0.05, 0) is 29.7 Å². The average molecular weight is 319 g/mol. The molecule has 2 rings (SSSR count). The van der Waals surface area contributed by atoms with E-state index in [2.05, 4.69) is 34.7 Å². The normalized spacial score (nSPS) is 10.5. The molecule has 2 aromatic rings. The highest BCUT2D eigenvalue weighted by Gasteiger charge is 2.09. The van der Waals surface area contributed by atoms with E-state index in [1.807, 2.05) is 18.2 Å². The second-order valence-electron chi connectivity index (χ2n) is 5.35. The maximum Gasteiger partial charge on any atom is 0.272 e. The number of anilines is 1. The van der Waals surface area contributed by atoms with Crippen molar-refractivity contribution >= 4 is 23.3 Å². The topological polar surface area (TPSA) is 66.9 Å². The van der Waals surface area contributed by atoms with Gasteiger partial charge in [-0.15, -0.1) is 10.2 Å². The summed E-state index contributed by atoms with van der Waals surface area (Å²) in [6, 6.07) is 10.8. The van der Waals surface area contributed by atoms with Crippen LogP contribution in [0.3, 0.4) is 0 Å². The van der Waals surface area contributed by atoms with Gasteiger partial charge >= 0.3 is 0 Å². The van der Waals surface area contributed by atoms with E-state index in [0.717, 1.165) is 12.1 Å². The van der Waals surface area contributed by atoms with E-state index < -0.39 is 0 Å². The summed E-state index contributed by atoms with van der Waals surface area (Å²) >= 11 is 6.05. The fourth-order valence-electron chi connectivity index (χ4n) is 1.76. The molecule has 1 heterocycles. The van der Waals surface area contributed by atoms with Crippen molar-refractivity contribution in [3.63, 3.8) is 0 Å². The maximum atomic E-state index is 12.0. The first-order chi connectivity index (χ1) is 10.6. The number of aromatic nitrogens is 2. The fourth-order valence-corrected chi connectivity index (χ4v) is 1.97. The monoisotopic (exact) mass is 318 g/mol. The average Bonchev–Trinajstić information content (AvgIpc) is 2.52. The summed E-state index contributed by atoms with van der Waals surface area (Å²) < 4.78 is 0. The lowest BCUT2D eigenvalue weighted by molar-refractivity contribution is 0.0945. The summed E-state index contributed by atoms with van der Waals surface area (Å²) in [5.74, 6) is 0.902. The highest BCUT2D eigenvalue weighted by molar-refractivity contribution is 6.31. The summed E-state index contributed by atoms with van der Waals surface area (Å²) in [5.41, 5.74) is 1.14. The van der Waals surface area contributed by atoms with E-state index in [1.54, 1.807) is 18.2 Å². The molecule has 0 saturated carbocycles. The number of nitrogens with zero attached hydrogens (tertiary/aromatic N) is 2. The molecule has 5 nitrogen and oxygen atoms in total. The predicted octanol–water partition coefficient (Wildman–Crippen LogP) is 3.13. The van der Waals surface area contributed by atoms with Crippen molar-refractivity contribution in [1.82, 2.24) is 15.5 Å². The van der Waals surface area contributed by atoms with Crippen LogP contribution in [-0.4, -0.2) is 22.6 Å². The number of hydrogen-bond donors (Lipinski definition) is 2. The Bertz CT molecular complexity index is 628. The van der Waals surface area contributed by atoms with Gasteiger partial charge in [0.2, 0.25) is 0 Å². The number of carbonyl (C=O) groups is 1. The summed E-state index contributed by atoms with van der Waals surface area (Å²) in [4.78, 5) is 12.0. The van der Waals surface area contributed by atoms with Crippen LogP contribution >= 0.6 is 11.6 Å². The van der Waals surface area contributed by atoms with Gasteiger partial charge in [0.15, 0.2) is 5.69 Å². The van der Waals surface area contributed by atoms with Crippen molar-refractivity contribution in [2.75, 3.05) is 11.9 Å². The molecule has 1 amide bonds. The lowest BCUT2D eigenvalue weighted by atomic mass is 10.2. The number of amides is 1. The van der Waals surface area contributed by atoms with Crippen molar-refractivity contribution in [2.24, 2.45) is 5.92 Å². The van der Waals surface area contributed by atoms with Gasteiger partial charge in [0.1, 0.15) is 5.82 Å². The van der Waals surface area contributed by atoms with Gasteiger partial charge < -0.3 is 10.6 Å². The highest BCUT2D eigenvalue weighted by atomic mass is 35.5. The van der Waals surface area contributed by atoms with E-state index in [0.29, 0.717) is 23.3 Å². The van der Waals surface area contributed by atoms with Crippen LogP contribution < -0.4 is 10.6 Å². The standard InChI is InChI=1S/C16H19ClN4O/c1-11(2)9-18-15-8-7-14(20-21-15)16(22)19-10-12-5-3-4-6-13(12)17/h3-8,11H,9-10H2,1-2H3,(H,18,21)(H,19,22). The molecule has 0 fully saturated rings. The third-order valence-corrected chi connectivity index (χ3v) is 3.35. The van der Waals surface area contributed by atoms with Crippen LogP contribution in [0.2, 0.25) is 5.02 Å². The van der Waals surface area contributed by atoms with Gasteiger partial charge in [-0.1, -0.05) is 43.6 Å². The minimum absolute atomic E-state index is 0.275. The highest BCUT2D eigenvalue weighted by Crippen LogP contribution is 2.14. The molecule has 0 unspecified atom stereocenters. The van der Waals surface area contributed by atoms with Crippen molar-refractivity contribution in [3.8, 4) is 0 Å². The van der Waals surface area contributed by atoms with Crippen LogP contribution in [-0.2, 0) is 6.54 Å². The largest absolute Gasteiger partial charge is 0.368 e. The Morgan fingerprint density at radius 3 is 2.59 bits per heavy atom. The first-order valence-corrected chi connectivity index (χ1v) is 7.53. The van der Waals surface area contributed by atoms with Gasteiger partial charge in [-0.25, -0.2) is 0 Å². The molecule has 0 aliphatic rings. The molecule has 2 N–H and O–H groups in total. The van der Waals surface area contributed by atoms with Crippen LogP contribution in [0.5, 0.6) is 0 Å². The predicted molar refractivity (Wildman–Crippen MR) is 88.0 cm³/mol. The first kappa shape index (κ1) is 16.2. The first-order valence-electron chi connectivity index (χ1n) is 7.15. The third kappa shape index (κ3) is 4.70. The van der Waals surface area contributed by atoms with Gasteiger partial charge in [-0.2, -0.15) is 0 Å². The Labute approximate surface area is 135 Å². The molecule has 0 aliphatic heterocycles. The van der Waals surface area contributed by atoms with Gasteiger partial charge in [0.05, 0.1) is 0 Å². The fraction of sp³-hybridized carbons (Fsp3) is 0.312. The molecular formula is C16H19ClN4O. The number of halogens is 1. The van der Waals surface area contributed by atoms with Crippen LogP contribution in [0.25, 0.3) is 0 Å². The molecule has 1 aromatic heterocycles. The zero-order chi connectivity index (χ0) is 15.9. The van der Waals surface area contributed by atoms with Gasteiger partial charge in [-0.3, -0.25) is 4.79 Å². The zero-order valence-electron chi connectivity index (χ0n) is 12.6. The second kappa shape index (κ2) is 7.75. The Morgan fingerprint density at radius 1 is 1.18 bits per heavy atom. The van der Waals surface area contributed by atoms with E-state index in [-0.39, 0.29) is 11.6 Å². The summed E-state index contributed by atoms with van der Waals surface area (Å²) in [5, 5.41) is 14.5. The minimum Gasteiger partial charge on any atom is -0.368 e. The molecule has 0 radical (unpaired) electrons. The Kier molecular flexibility index (Phi) is 5.72. The zero-order valence-corrected chi connectivity index (χ0v) is 13.4. The van der Waals surface area contributed by atoms with E-state index in [9.17, 15) is 4.79 Å². The number of nitrogens with one attached hydrogen (secondary N) is 2. The summed E-state index contributed by atoms with van der Waals surface area (Å²) in [6.07, 6.45) is 0. The van der Waals surface area contributed by atoms with E-state index in [4.69, 9.17) is 11.6 Å². The summed E-state index contributed by atoms with van der Waals surface area (Å²) in [7, 11) is 0. The van der Waals surface area contributed by atoms with Crippen LogP contribution in [0, 0.1) is 5.92 Å². The molecule has 0 saturated heterocycles. The smallest absolute Gasteiger partial charge is 0.272 e. The van der Waals surface area contributed by atoms with Crippen LogP contribution in [0.15, 0.2) is 36.4 Å². The Hall–Kier alpha value is -2.14. The molecular weight excluding hydrogens is 300 g/mol. The lowest BCUT2D eigenvalue weighted by Gasteiger charge is -2.08. The van der Waals surface area contributed by atoms with Crippen LogP contribution in [0.1, 0.15) is 29.9 Å². The Balaban J connectivity index is 1.91. The van der Waals surface area contributed by atoms with Crippen LogP contribution in [0.4, 0.5) is 5.82 Å². The third-order valence-electron chi connectivity index (χ3n) is 2.99. The number of carbonyl (C=O) groups excluding carboxylic acids is 1. The summed E-state index contributed by atoms with van der Waals surface area (Å²) in [6.45, 7) is 5.38. The molecule has 0 aliphatic carbocycles. The quantitative estimate of drug-likeness (QED) is 0.858. The van der Waals surface area contributed by atoms with E-state index in [1.165, 1.54) is 0 Å². The SMILES string of the molecule is CC(C)CNc1ccc(C(=O)NCc2ccccc2Cl)nn1. The van der Waals surface area contributed by atoms with Crippen molar-refractivity contribution in [1.29, 1.82) is 0 Å². The lowest BCUT2D eigenvalue weighted by Crippen LogP contribution is -2.24. The molecule has 0 spiro atoms. The number of rotatable bonds is 6. The van der Waals surface area contributed by atoms with Crippen molar-refractivity contribution < 1.29 is 4.79 Å². The number of hydrogen-bond acceptors (Lipinski definition) is 4.